The van der Waals surface area contributed by atoms with E-state index in [0.29, 0.717) is 27.6 Å². The van der Waals surface area contributed by atoms with Crippen LogP contribution < -0.4 is 4.74 Å². The second-order valence-corrected chi connectivity index (χ2v) is 9.89. The van der Waals surface area contributed by atoms with Gasteiger partial charge < -0.3 is 9.47 Å². The number of ketones is 1. The van der Waals surface area contributed by atoms with Gasteiger partial charge in [-0.3, -0.25) is 9.59 Å². The molecule has 0 unspecified atom stereocenters. The van der Waals surface area contributed by atoms with Crippen molar-refractivity contribution in [2.24, 2.45) is 0 Å². The van der Waals surface area contributed by atoms with Crippen LogP contribution in [0.15, 0.2) is 127 Å². The summed E-state index contributed by atoms with van der Waals surface area (Å²) >= 11 is 0. The van der Waals surface area contributed by atoms with Crippen LogP contribution in [0.2, 0.25) is 0 Å². The normalized spacial score (nSPS) is 10.9. The molecule has 0 aliphatic carbocycles. The number of hydrogen-bond donors (Lipinski definition) is 0. The molecule has 0 spiro atoms. The maximum absolute atomic E-state index is 14.2. The third kappa shape index (κ3) is 5.54. The highest BCUT2D eigenvalue weighted by atomic mass is 16.5. The molecule has 0 fully saturated rings. The predicted octanol–water partition coefficient (Wildman–Crippen LogP) is 7.62. The number of fused-ring (bicyclic) bond motifs is 2. The minimum Gasteiger partial charge on any atom is -0.488 e. The van der Waals surface area contributed by atoms with Crippen molar-refractivity contribution in [3.63, 3.8) is 0 Å². The monoisotopic (exact) mass is 549 g/mol. The van der Waals surface area contributed by atoms with E-state index in [2.05, 4.69) is 0 Å². The Morgan fingerprint density at radius 2 is 1.26 bits per heavy atom. The number of carbonyl (C=O) groups excluding carboxylic acids is 3. The molecular formula is C37H25O5. The van der Waals surface area contributed by atoms with Gasteiger partial charge in [-0.2, -0.15) is 0 Å². The van der Waals surface area contributed by atoms with Gasteiger partial charge in [0.1, 0.15) is 19.0 Å². The zero-order valence-electron chi connectivity index (χ0n) is 22.6. The van der Waals surface area contributed by atoms with E-state index in [1.165, 1.54) is 0 Å². The molecule has 0 saturated heterocycles. The van der Waals surface area contributed by atoms with E-state index in [0.717, 1.165) is 21.9 Å². The first kappa shape index (κ1) is 26.7. The van der Waals surface area contributed by atoms with Crippen molar-refractivity contribution in [1.29, 1.82) is 0 Å². The second-order valence-electron chi connectivity index (χ2n) is 9.89. The van der Waals surface area contributed by atoms with Crippen LogP contribution in [-0.2, 0) is 22.7 Å². The Kier molecular flexibility index (Phi) is 7.56. The largest absolute Gasteiger partial charge is 0.488 e. The number of carbonyl (C=O) groups is 2. The Hall–Kier alpha value is -5.55. The zero-order chi connectivity index (χ0) is 28.9. The van der Waals surface area contributed by atoms with Gasteiger partial charge in [-0.15, -0.1) is 0 Å². The number of ether oxygens (including phenoxy) is 2. The number of benzene rings is 6. The SMILES string of the molecule is O=[C]c1ccc2cc(C(=O)OCc3ccccc3)ccc2c1C(=O)c1cc2ccccc2cc1OCc1ccccc1. The van der Waals surface area contributed by atoms with Gasteiger partial charge in [-0.1, -0.05) is 97.1 Å². The van der Waals surface area contributed by atoms with Crippen molar-refractivity contribution in [1.82, 2.24) is 0 Å². The molecular weight excluding hydrogens is 524 g/mol. The highest BCUT2D eigenvalue weighted by Crippen LogP contribution is 2.32. The van der Waals surface area contributed by atoms with Crippen molar-refractivity contribution < 1.29 is 23.9 Å². The molecule has 0 bridgehead atoms. The summed E-state index contributed by atoms with van der Waals surface area (Å²) < 4.78 is 11.7. The molecule has 0 aliphatic heterocycles. The number of rotatable bonds is 9. The summed E-state index contributed by atoms with van der Waals surface area (Å²) in [5.74, 6) is -0.435. The zero-order valence-corrected chi connectivity index (χ0v) is 22.6. The molecule has 0 aromatic heterocycles. The Labute approximate surface area is 243 Å². The fourth-order valence-electron chi connectivity index (χ4n) is 4.98. The Morgan fingerprint density at radius 3 is 1.95 bits per heavy atom. The topological polar surface area (TPSA) is 69.7 Å². The van der Waals surface area contributed by atoms with E-state index >= 15 is 0 Å². The van der Waals surface area contributed by atoms with Crippen molar-refractivity contribution in [3.05, 3.63) is 161 Å². The minimum atomic E-state index is -0.481. The third-order valence-corrected chi connectivity index (χ3v) is 7.13. The van der Waals surface area contributed by atoms with E-state index in [4.69, 9.17) is 9.47 Å². The van der Waals surface area contributed by atoms with E-state index in [1.807, 2.05) is 97.3 Å². The second kappa shape index (κ2) is 11.9. The molecule has 1 radical (unpaired) electrons. The first-order valence-corrected chi connectivity index (χ1v) is 13.5. The lowest BCUT2D eigenvalue weighted by Crippen LogP contribution is -2.10. The highest BCUT2D eigenvalue weighted by Gasteiger charge is 2.23. The quantitative estimate of drug-likeness (QED) is 0.137. The molecule has 6 aromatic carbocycles. The van der Waals surface area contributed by atoms with Crippen molar-refractivity contribution in [2.45, 2.75) is 13.2 Å². The molecule has 6 rings (SSSR count). The van der Waals surface area contributed by atoms with Gasteiger partial charge in [0.15, 0.2) is 5.78 Å². The van der Waals surface area contributed by atoms with Gasteiger partial charge in [0.05, 0.1) is 11.1 Å². The predicted molar refractivity (Wildman–Crippen MR) is 162 cm³/mol. The molecule has 203 valence electrons. The van der Waals surface area contributed by atoms with Gasteiger partial charge >= 0.3 is 5.97 Å². The highest BCUT2D eigenvalue weighted by molar-refractivity contribution is 6.22. The molecule has 0 saturated carbocycles. The van der Waals surface area contributed by atoms with Crippen LogP contribution >= 0.6 is 0 Å². The molecule has 0 N–H and O–H groups in total. The van der Waals surface area contributed by atoms with E-state index in [-0.39, 0.29) is 30.1 Å². The average Bonchev–Trinajstić information content (AvgIpc) is 3.05. The summed E-state index contributed by atoms with van der Waals surface area (Å²) in [6, 6.07) is 38.7. The van der Waals surface area contributed by atoms with Crippen LogP contribution in [-0.4, -0.2) is 18.0 Å². The Morgan fingerprint density at radius 1 is 0.619 bits per heavy atom. The number of esters is 1. The van der Waals surface area contributed by atoms with Gasteiger partial charge in [-0.05, 0) is 63.0 Å². The lowest BCUT2D eigenvalue weighted by Gasteiger charge is -2.15. The van der Waals surface area contributed by atoms with Crippen LogP contribution in [0.4, 0.5) is 0 Å². The molecule has 0 atom stereocenters. The van der Waals surface area contributed by atoms with Crippen LogP contribution in [0.1, 0.15) is 43.0 Å². The summed E-state index contributed by atoms with van der Waals surface area (Å²) in [6.07, 6.45) is 1.93. The first-order chi connectivity index (χ1) is 20.6. The smallest absolute Gasteiger partial charge is 0.338 e. The third-order valence-electron chi connectivity index (χ3n) is 7.13. The lowest BCUT2D eigenvalue weighted by molar-refractivity contribution is 0.0473. The van der Waals surface area contributed by atoms with E-state index < -0.39 is 5.97 Å². The maximum Gasteiger partial charge on any atom is 0.338 e. The summed E-state index contributed by atoms with van der Waals surface area (Å²) in [4.78, 5) is 39.1. The van der Waals surface area contributed by atoms with Gasteiger partial charge in [-0.25, -0.2) is 4.79 Å². The summed E-state index contributed by atoms with van der Waals surface area (Å²) in [7, 11) is 0. The molecule has 6 aromatic rings. The van der Waals surface area contributed by atoms with E-state index in [1.54, 1.807) is 36.4 Å². The first-order valence-electron chi connectivity index (χ1n) is 13.5. The van der Waals surface area contributed by atoms with Crippen molar-refractivity contribution in [2.75, 3.05) is 0 Å². The molecule has 0 aliphatic rings. The van der Waals surface area contributed by atoms with Crippen LogP contribution in [0.5, 0.6) is 5.75 Å². The maximum atomic E-state index is 14.2. The van der Waals surface area contributed by atoms with Gasteiger partial charge in [0.25, 0.3) is 0 Å². The van der Waals surface area contributed by atoms with Crippen LogP contribution in [0.3, 0.4) is 0 Å². The average molecular weight is 550 g/mol. The lowest BCUT2D eigenvalue weighted by atomic mass is 9.91. The molecule has 5 nitrogen and oxygen atoms in total. The Bertz CT molecular complexity index is 1930. The van der Waals surface area contributed by atoms with Crippen molar-refractivity contribution in [3.8, 4) is 5.75 Å². The minimum absolute atomic E-state index is 0.133. The van der Waals surface area contributed by atoms with E-state index in [9.17, 15) is 14.4 Å². The molecule has 5 heteroatoms. The van der Waals surface area contributed by atoms with Gasteiger partial charge in [0.2, 0.25) is 6.29 Å². The summed E-state index contributed by atoms with van der Waals surface area (Å²) in [5, 5.41) is 2.95. The van der Waals surface area contributed by atoms with Crippen LogP contribution in [0.25, 0.3) is 21.5 Å². The van der Waals surface area contributed by atoms with Crippen molar-refractivity contribution >= 4 is 39.6 Å². The summed E-state index contributed by atoms with van der Waals surface area (Å²) in [6.45, 7) is 0.421. The Balaban J connectivity index is 1.38. The standard InChI is InChI=1S/C37H25O5/c38-22-31-16-15-29-19-30(37(40)42-24-26-11-5-2-6-12-26)17-18-32(29)35(31)36(39)33-20-27-13-7-8-14-28(27)21-34(33)41-23-25-9-3-1-4-10-25/h1-21H,23-24H2. The molecule has 0 heterocycles. The summed E-state index contributed by atoms with van der Waals surface area (Å²) in [5.41, 5.74) is 2.85. The fourth-order valence-corrected chi connectivity index (χ4v) is 4.98. The van der Waals surface area contributed by atoms with Gasteiger partial charge in [0, 0.05) is 11.1 Å². The molecule has 0 amide bonds. The number of hydrogen-bond acceptors (Lipinski definition) is 5. The fraction of sp³-hybridized carbons (Fsp3) is 0.0541. The molecule has 42 heavy (non-hydrogen) atoms. The van der Waals surface area contributed by atoms with Crippen LogP contribution in [0, 0.1) is 0 Å².